The summed E-state index contributed by atoms with van der Waals surface area (Å²) in [5.41, 5.74) is 3.30. The Labute approximate surface area is 209 Å². The van der Waals surface area contributed by atoms with Crippen molar-refractivity contribution in [3.63, 3.8) is 0 Å². The fourth-order valence-corrected chi connectivity index (χ4v) is 8.10. The third kappa shape index (κ3) is 4.42. The van der Waals surface area contributed by atoms with Gasteiger partial charge in [-0.25, -0.2) is 4.98 Å². The van der Waals surface area contributed by atoms with Gasteiger partial charge in [0.25, 0.3) is 0 Å². The van der Waals surface area contributed by atoms with Crippen molar-refractivity contribution in [2.45, 2.75) is 71.3 Å². The van der Waals surface area contributed by atoms with Crippen molar-refractivity contribution in [2.75, 3.05) is 29.9 Å². The number of carbonyl (C=O) groups excluding carboxylic acids is 1. The normalized spacial score (nSPS) is 31.6. The fraction of sp³-hybridized carbons (Fsp3) is 0.643. The quantitative estimate of drug-likeness (QED) is 0.554. The van der Waals surface area contributed by atoms with Gasteiger partial charge < -0.3 is 15.5 Å². The first-order valence-electron chi connectivity index (χ1n) is 13.2. The van der Waals surface area contributed by atoms with Crippen LogP contribution >= 0.6 is 12.4 Å². The Morgan fingerprint density at radius 2 is 1.79 bits per heavy atom. The average molecular weight is 483 g/mol. The molecule has 184 valence electrons. The van der Waals surface area contributed by atoms with Crippen LogP contribution in [0.1, 0.15) is 63.9 Å². The number of rotatable bonds is 6. The van der Waals surface area contributed by atoms with E-state index in [2.05, 4.69) is 53.6 Å². The van der Waals surface area contributed by atoms with Gasteiger partial charge in [-0.05, 0) is 105 Å². The highest BCUT2D eigenvalue weighted by molar-refractivity contribution is 6.02. The van der Waals surface area contributed by atoms with Gasteiger partial charge in [-0.1, -0.05) is 13.0 Å². The molecule has 2 heterocycles. The summed E-state index contributed by atoms with van der Waals surface area (Å²) in [7, 11) is 0. The molecule has 7 rings (SSSR count). The number of benzene rings is 1. The molecule has 2 aromatic rings. The molecular formula is C28H39ClN4O. The van der Waals surface area contributed by atoms with Crippen molar-refractivity contribution >= 4 is 40.7 Å². The second-order valence-electron chi connectivity index (χ2n) is 11.6. The first kappa shape index (κ1) is 23.9. The predicted molar refractivity (Wildman–Crippen MR) is 142 cm³/mol. The number of fused-ring (bicyclic) bond motifs is 1. The highest BCUT2D eigenvalue weighted by atomic mass is 35.5. The van der Waals surface area contributed by atoms with Crippen LogP contribution in [0.5, 0.6) is 0 Å². The number of amides is 1. The zero-order valence-electron chi connectivity index (χ0n) is 20.6. The molecule has 1 aromatic carbocycles. The van der Waals surface area contributed by atoms with Crippen LogP contribution in [0.15, 0.2) is 24.3 Å². The monoisotopic (exact) mass is 482 g/mol. The van der Waals surface area contributed by atoms with Crippen LogP contribution in [0.4, 0.5) is 11.5 Å². The number of hydrogen-bond donors (Lipinski definition) is 2. The molecule has 0 spiro atoms. The number of halogens is 1. The third-order valence-corrected chi connectivity index (χ3v) is 9.03. The van der Waals surface area contributed by atoms with E-state index >= 15 is 0 Å². The molecule has 4 saturated carbocycles. The largest absolute Gasteiger partial charge is 0.355 e. The Bertz CT molecular complexity index is 1030. The molecule has 1 saturated heterocycles. The Morgan fingerprint density at radius 1 is 1.09 bits per heavy atom. The molecule has 0 radical (unpaired) electrons. The molecule has 2 N–H and O–H groups in total. The summed E-state index contributed by atoms with van der Waals surface area (Å²) < 4.78 is 0. The van der Waals surface area contributed by atoms with Crippen molar-refractivity contribution in [2.24, 2.45) is 23.2 Å². The van der Waals surface area contributed by atoms with Crippen LogP contribution in [0.3, 0.4) is 0 Å². The molecule has 4 aliphatic carbocycles. The average Bonchev–Trinajstić information content (AvgIpc) is 3.23. The van der Waals surface area contributed by atoms with Gasteiger partial charge in [0.05, 0.1) is 11.2 Å². The molecule has 6 heteroatoms. The lowest BCUT2D eigenvalue weighted by Gasteiger charge is -2.56. The van der Waals surface area contributed by atoms with E-state index in [0.29, 0.717) is 12.5 Å². The predicted octanol–water partition coefficient (Wildman–Crippen LogP) is 5.70. The maximum Gasteiger partial charge on any atom is 0.224 e. The minimum absolute atomic E-state index is 0. The smallest absolute Gasteiger partial charge is 0.224 e. The van der Waals surface area contributed by atoms with Crippen molar-refractivity contribution < 1.29 is 4.79 Å². The minimum atomic E-state index is 0. The van der Waals surface area contributed by atoms with Crippen molar-refractivity contribution in [3.8, 4) is 0 Å². The number of aryl methyl sites for hydroxylation is 1. The van der Waals surface area contributed by atoms with Crippen LogP contribution in [-0.2, 0) is 4.79 Å². The standard InChI is InChI=1S/C28H38N4O.ClH/c1-3-29-22-8-9-32(17-22)25-7-5-23-24(30-25)6-4-18(2)27(23)31-26(33)16-28-13-19-10-20(14-28)12-21(11-19)15-28;/h4-7,19-22,29H,3,8-17H2,1-2H3,(H,31,33);1H/t19?,20?,21?,22-,28?;/m0./s1. The minimum Gasteiger partial charge on any atom is -0.355 e. The molecule has 4 bridgehead atoms. The zero-order chi connectivity index (χ0) is 22.6. The second-order valence-corrected chi connectivity index (χ2v) is 11.6. The molecule has 5 aliphatic rings. The molecule has 0 unspecified atom stereocenters. The van der Waals surface area contributed by atoms with Gasteiger partial charge >= 0.3 is 0 Å². The Hall–Kier alpha value is -1.85. The van der Waals surface area contributed by atoms with Crippen LogP contribution in [0, 0.1) is 30.1 Å². The van der Waals surface area contributed by atoms with Crippen molar-refractivity contribution in [3.05, 3.63) is 29.8 Å². The van der Waals surface area contributed by atoms with Crippen LogP contribution < -0.4 is 15.5 Å². The molecule has 34 heavy (non-hydrogen) atoms. The highest BCUT2D eigenvalue weighted by Gasteiger charge is 2.51. The number of nitrogens with one attached hydrogen (secondary N) is 2. The fourth-order valence-electron chi connectivity index (χ4n) is 8.10. The zero-order valence-corrected chi connectivity index (χ0v) is 21.4. The summed E-state index contributed by atoms with van der Waals surface area (Å²) in [4.78, 5) is 20.7. The number of pyridine rings is 1. The first-order chi connectivity index (χ1) is 16.0. The maximum absolute atomic E-state index is 13.3. The number of hydrogen-bond acceptors (Lipinski definition) is 4. The molecule has 5 fully saturated rings. The second kappa shape index (κ2) is 9.31. The molecule has 1 atom stereocenters. The molecule has 1 aliphatic heterocycles. The lowest BCUT2D eigenvalue weighted by atomic mass is 9.49. The van der Waals surface area contributed by atoms with E-state index in [-0.39, 0.29) is 23.7 Å². The van der Waals surface area contributed by atoms with E-state index in [0.717, 1.165) is 71.8 Å². The Kier molecular flexibility index (Phi) is 6.54. The van der Waals surface area contributed by atoms with Gasteiger partial charge in [-0.15, -0.1) is 12.4 Å². The summed E-state index contributed by atoms with van der Waals surface area (Å²) in [5.74, 6) is 3.87. The third-order valence-electron chi connectivity index (χ3n) is 9.03. The van der Waals surface area contributed by atoms with E-state index < -0.39 is 0 Å². The summed E-state index contributed by atoms with van der Waals surface area (Å²) in [6.07, 6.45) is 9.93. The number of likely N-dealkylation sites (N-methyl/N-ethyl adjacent to an activating group) is 1. The first-order valence-corrected chi connectivity index (χ1v) is 13.2. The van der Waals surface area contributed by atoms with E-state index in [1.807, 2.05) is 0 Å². The van der Waals surface area contributed by atoms with Crippen LogP contribution in [-0.4, -0.2) is 36.6 Å². The summed E-state index contributed by atoms with van der Waals surface area (Å²) in [6, 6.07) is 9.03. The molecular weight excluding hydrogens is 444 g/mol. The molecule has 5 nitrogen and oxygen atoms in total. The lowest BCUT2D eigenvalue weighted by Crippen LogP contribution is -2.47. The number of carbonyl (C=O) groups is 1. The van der Waals surface area contributed by atoms with E-state index in [1.165, 1.54) is 38.5 Å². The van der Waals surface area contributed by atoms with E-state index in [4.69, 9.17) is 4.98 Å². The van der Waals surface area contributed by atoms with Crippen LogP contribution in [0.2, 0.25) is 0 Å². The molecule has 1 aromatic heterocycles. The summed E-state index contributed by atoms with van der Waals surface area (Å²) >= 11 is 0. The van der Waals surface area contributed by atoms with Gasteiger partial charge in [0.1, 0.15) is 5.82 Å². The van der Waals surface area contributed by atoms with Gasteiger partial charge in [0.2, 0.25) is 5.91 Å². The summed E-state index contributed by atoms with van der Waals surface area (Å²) in [6.45, 7) is 7.31. The van der Waals surface area contributed by atoms with Gasteiger partial charge in [-0.3, -0.25) is 4.79 Å². The number of nitrogens with zero attached hydrogens (tertiary/aromatic N) is 2. The number of anilines is 2. The Morgan fingerprint density at radius 3 is 2.47 bits per heavy atom. The van der Waals surface area contributed by atoms with E-state index in [9.17, 15) is 4.79 Å². The van der Waals surface area contributed by atoms with Crippen LogP contribution in [0.25, 0.3) is 10.9 Å². The van der Waals surface area contributed by atoms with Gasteiger partial charge in [-0.2, -0.15) is 0 Å². The topological polar surface area (TPSA) is 57.3 Å². The molecule has 1 amide bonds. The van der Waals surface area contributed by atoms with E-state index in [1.54, 1.807) is 0 Å². The van der Waals surface area contributed by atoms with Crippen molar-refractivity contribution in [1.29, 1.82) is 0 Å². The maximum atomic E-state index is 13.3. The SMILES string of the molecule is CCN[C@H]1CCN(c2ccc3c(NC(=O)CC45CC6CC(CC(C6)C4)C5)c(C)ccc3n2)C1.Cl. The van der Waals surface area contributed by atoms with Gasteiger partial charge in [0.15, 0.2) is 0 Å². The summed E-state index contributed by atoms with van der Waals surface area (Å²) in [5, 5.41) is 7.95. The lowest BCUT2D eigenvalue weighted by molar-refractivity contribution is -0.124. The highest BCUT2D eigenvalue weighted by Crippen LogP contribution is 2.61. The number of aromatic nitrogens is 1. The van der Waals surface area contributed by atoms with Crippen molar-refractivity contribution in [1.82, 2.24) is 10.3 Å². The Balaban J connectivity index is 0.00000241. The van der Waals surface area contributed by atoms with Gasteiger partial charge in [0, 0.05) is 30.9 Å².